The molecule has 4 rings (SSSR count). The average Bonchev–Trinajstić information content (AvgIpc) is 3.37. The van der Waals surface area contributed by atoms with Crippen LogP contribution in [-0.2, 0) is 16.1 Å². The third-order valence-corrected chi connectivity index (χ3v) is 5.81. The molecule has 0 N–H and O–H groups in total. The van der Waals surface area contributed by atoms with Crippen LogP contribution >= 0.6 is 11.3 Å². The van der Waals surface area contributed by atoms with Gasteiger partial charge in [0.2, 0.25) is 5.88 Å². The average molecular weight is 492 g/mol. The summed E-state index contributed by atoms with van der Waals surface area (Å²) in [5, 5.41) is 2.23. The zero-order valence-corrected chi connectivity index (χ0v) is 19.7. The summed E-state index contributed by atoms with van der Waals surface area (Å²) in [5.74, 6) is -1.34. The lowest BCUT2D eigenvalue weighted by molar-refractivity contribution is -0.121. The third kappa shape index (κ3) is 6.07. The number of amides is 1. The topological polar surface area (TPSA) is 81.6 Å². The number of carbonyl (C=O) groups excluding carboxylic acids is 2. The van der Waals surface area contributed by atoms with Crippen molar-refractivity contribution in [3.8, 4) is 17.1 Å². The summed E-state index contributed by atoms with van der Waals surface area (Å²) < 4.78 is 24.0. The Kier molecular flexibility index (Phi) is 7.79. The lowest BCUT2D eigenvalue weighted by Crippen LogP contribution is -2.34. The number of rotatable bonds is 9. The largest absolute Gasteiger partial charge is 0.477 e. The molecular formula is C26H22FN3O4S. The van der Waals surface area contributed by atoms with Crippen molar-refractivity contribution in [3.63, 3.8) is 0 Å². The number of hydrogen-bond donors (Lipinski definition) is 0. The predicted molar refractivity (Wildman–Crippen MR) is 131 cm³/mol. The number of benzene rings is 2. The second-order valence-corrected chi connectivity index (χ2v) is 8.19. The first-order chi connectivity index (χ1) is 17.0. The molecule has 178 valence electrons. The number of anilines is 1. The first-order valence-electron chi connectivity index (χ1n) is 10.9. The summed E-state index contributed by atoms with van der Waals surface area (Å²) in [5.41, 5.74) is 2.37. The van der Waals surface area contributed by atoms with Crippen LogP contribution in [0.1, 0.15) is 22.8 Å². The van der Waals surface area contributed by atoms with E-state index in [4.69, 9.17) is 9.47 Å². The molecule has 7 nitrogen and oxygen atoms in total. The smallest absolute Gasteiger partial charge is 0.344 e. The molecule has 0 atom stereocenters. The van der Waals surface area contributed by atoms with Gasteiger partial charge in [0.15, 0.2) is 11.7 Å². The van der Waals surface area contributed by atoms with Gasteiger partial charge in [0.25, 0.3) is 5.91 Å². The first-order valence-corrected chi connectivity index (χ1v) is 11.7. The minimum atomic E-state index is -0.708. The molecule has 0 saturated carbocycles. The molecule has 0 bridgehead atoms. The van der Waals surface area contributed by atoms with Gasteiger partial charge in [-0.2, -0.15) is 0 Å². The van der Waals surface area contributed by atoms with Gasteiger partial charge in [-0.15, -0.1) is 11.3 Å². The van der Waals surface area contributed by atoms with Crippen molar-refractivity contribution in [1.29, 1.82) is 0 Å². The van der Waals surface area contributed by atoms with Gasteiger partial charge >= 0.3 is 5.97 Å². The molecule has 0 aliphatic heterocycles. The van der Waals surface area contributed by atoms with Crippen LogP contribution in [0.4, 0.5) is 9.52 Å². The number of pyridine rings is 1. The van der Waals surface area contributed by atoms with Crippen LogP contribution < -0.4 is 9.64 Å². The van der Waals surface area contributed by atoms with Gasteiger partial charge in [-0.3, -0.25) is 9.69 Å². The van der Waals surface area contributed by atoms with E-state index in [1.165, 1.54) is 40.6 Å². The third-order valence-electron chi connectivity index (χ3n) is 4.95. The Bertz CT molecular complexity index is 1300. The molecule has 35 heavy (non-hydrogen) atoms. The van der Waals surface area contributed by atoms with E-state index in [1.807, 2.05) is 30.3 Å². The SMILES string of the molecule is CCOc1ncccc1C(=O)OCC(=O)N(Cc1ccccc1)c1nc(-c2ccc(F)cc2)cs1. The normalized spacial score (nSPS) is 10.6. The fourth-order valence-electron chi connectivity index (χ4n) is 3.25. The van der Waals surface area contributed by atoms with E-state index in [0.717, 1.165) is 11.1 Å². The van der Waals surface area contributed by atoms with Crippen molar-refractivity contribution in [2.45, 2.75) is 13.5 Å². The summed E-state index contributed by atoms with van der Waals surface area (Å²) in [6, 6.07) is 18.5. The van der Waals surface area contributed by atoms with Crippen molar-refractivity contribution in [2.24, 2.45) is 0 Å². The number of esters is 1. The molecule has 4 aromatic rings. The molecule has 2 aromatic carbocycles. The van der Waals surface area contributed by atoms with Crippen molar-refractivity contribution >= 4 is 28.3 Å². The van der Waals surface area contributed by atoms with Crippen LogP contribution in [0.25, 0.3) is 11.3 Å². The zero-order valence-electron chi connectivity index (χ0n) is 18.9. The Labute approximate surface area is 205 Å². The summed E-state index contributed by atoms with van der Waals surface area (Å²) in [6.07, 6.45) is 1.51. The zero-order chi connectivity index (χ0) is 24.6. The van der Waals surface area contributed by atoms with Gasteiger partial charge in [-0.1, -0.05) is 30.3 Å². The van der Waals surface area contributed by atoms with Gasteiger partial charge in [0.1, 0.15) is 11.4 Å². The summed E-state index contributed by atoms with van der Waals surface area (Å²) in [7, 11) is 0. The Hall–Kier alpha value is -4.11. The molecule has 0 fully saturated rings. The summed E-state index contributed by atoms with van der Waals surface area (Å²) in [6.45, 7) is 1.87. The van der Waals surface area contributed by atoms with E-state index in [9.17, 15) is 14.0 Å². The second-order valence-electron chi connectivity index (χ2n) is 7.35. The van der Waals surface area contributed by atoms with Gasteiger partial charge in [-0.25, -0.2) is 19.2 Å². The first kappa shape index (κ1) is 24.0. The van der Waals surface area contributed by atoms with E-state index < -0.39 is 18.5 Å². The molecule has 2 heterocycles. The van der Waals surface area contributed by atoms with Crippen molar-refractivity contribution in [3.05, 3.63) is 95.3 Å². The lowest BCUT2D eigenvalue weighted by atomic mass is 10.2. The van der Waals surface area contributed by atoms with Gasteiger partial charge < -0.3 is 9.47 Å². The quantitative estimate of drug-likeness (QED) is 0.302. The highest BCUT2D eigenvalue weighted by molar-refractivity contribution is 7.14. The maximum Gasteiger partial charge on any atom is 0.344 e. The standard InChI is InChI=1S/C26H22FN3O4S/c1-2-33-24-21(9-6-14-28-24)25(32)34-16-23(31)30(15-18-7-4-3-5-8-18)26-29-22(17-35-26)19-10-12-20(27)13-11-19/h3-14,17H,2,15-16H2,1H3. The van der Waals surface area contributed by atoms with Crippen LogP contribution in [0.5, 0.6) is 5.88 Å². The molecule has 1 amide bonds. The summed E-state index contributed by atoms with van der Waals surface area (Å²) in [4.78, 5) is 35.9. The van der Waals surface area contributed by atoms with E-state index in [1.54, 1.807) is 30.5 Å². The highest BCUT2D eigenvalue weighted by Gasteiger charge is 2.23. The highest BCUT2D eigenvalue weighted by atomic mass is 32.1. The number of aromatic nitrogens is 2. The van der Waals surface area contributed by atoms with Crippen molar-refractivity contribution in [2.75, 3.05) is 18.1 Å². The number of carbonyl (C=O) groups is 2. The Morgan fingerprint density at radius 2 is 1.80 bits per heavy atom. The Balaban J connectivity index is 1.53. The van der Waals surface area contributed by atoms with E-state index >= 15 is 0 Å². The molecule has 0 aliphatic rings. The van der Waals surface area contributed by atoms with E-state index in [0.29, 0.717) is 17.4 Å². The van der Waals surface area contributed by atoms with Crippen LogP contribution in [0.3, 0.4) is 0 Å². The number of hydrogen-bond acceptors (Lipinski definition) is 7. The van der Waals surface area contributed by atoms with Crippen molar-refractivity contribution < 1.29 is 23.5 Å². The van der Waals surface area contributed by atoms with Crippen LogP contribution in [-0.4, -0.2) is 35.1 Å². The number of halogens is 1. The van der Waals surface area contributed by atoms with E-state index in [-0.39, 0.29) is 23.8 Å². The predicted octanol–water partition coefficient (Wildman–Crippen LogP) is 5.13. The highest BCUT2D eigenvalue weighted by Crippen LogP contribution is 2.29. The number of thiazole rings is 1. The molecule has 0 radical (unpaired) electrons. The molecular weight excluding hydrogens is 469 g/mol. The molecule has 0 aliphatic carbocycles. The minimum absolute atomic E-state index is 0.143. The van der Waals surface area contributed by atoms with Crippen LogP contribution in [0.15, 0.2) is 78.3 Å². The maximum absolute atomic E-state index is 13.3. The second kappa shape index (κ2) is 11.3. The fourth-order valence-corrected chi connectivity index (χ4v) is 4.10. The van der Waals surface area contributed by atoms with Gasteiger partial charge in [0, 0.05) is 17.1 Å². The van der Waals surface area contributed by atoms with Crippen LogP contribution in [0, 0.1) is 5.82 Å². The molecule has 2 aromatic heterocycles. The fraction of sp³-hybridized carbons (Fsp3) is 0.154. The van der Waals surface area contributed by atoms with Crippen LogP contribution in [0.2, 0.25) is 0 Å². The molecule has 0 saturated heterocycles. The van der Waals surface area contributed by atoms with Gasteiger partial charge in [-0.05, 0) is 48.9 Å². The van der Waals surface area contributed by atoms with E-state index in [2.05, 4.69) is 9.97 Å². The monoisotopic (exact) mass is 491 g/mol. The molecule has 0 unspecified atom stereocenters. The summed E-state index contributed by atoms with van der Waals surface area (Å²) >= 11 is 1.27. The van der Waals surface area contributed by atoms with Gasteiger partial charge in [0.05, 0.1) is 18.8 Å². The number of ether oxygens (including phenoxy) is 2. The van der Waals surface area contributed by atoms with Crippen molar-refractivity contribution in [1.82, 2.24) is 9.97 Å². The molecule has 0 spiro atoms. The number of nitrogens with zero attached hydrogens (tertiary/aromatic N) is 3. The maximum atomic E-state index is 13.3. The Morgan fingerprint density at radius 3 is 2.54 bits per heavy atom. The minimum Gasteiger partial charge on any atom is -0.477 e. The molecule has 9 heteroatoms. The lowest BCUT2D eigenvalue weighted by Gasteiger charge is -2.20. The Morgan fingerprint density at radius 1 is 1.03 bits per heavy atom.